The summed E-state index contributed by atoms with van der Waals surface area (Å²) in [5.74, 6) is 1.37. The normalized spacial score (nSPS) is 10.6. The van der Waals surface area contributed by atoms with Gasteiger partial charge in [-0.1, -0.05) is 42.3 Å². The molecule has 0 bridgehead atoms. The van der Waals surface area contributed by atoms with Gasteiger partial charge in [-0.15, -0.1) is 0 Å². The summed E-state index contributed by atoms with van der Waals surface area (Å²) in [6, 6.07) is 11.3. The number of aryl methyl sites for hydroxylation is 1. The summed E-state index contributed by atoms with van der Waals surface area (Å²) in [5.41, 5.74) is 2.15. The number of hydrogen-bond acceptors (Lipinski definition) is 2. The Labute approximate surface area is 129 Å². The molecule has 0 saturated heterocycles. The molecule has 2 aromatic rings. The standard InChI is InChI=1S/C16H17Cl2NO/c1-3-19-10-12-5-6-13(17)9-15(12)20-16-8-11(2)4-7-14(16)18/h4-9,19H,3,10H2,1-2H3. The van der Waals surface area contributed by atoms with Gasteiger partial charge in [0.15, 0.2) is 0 Å². The van der Waals surface area contributed by atoms with E-state index >= 15 is 0 Å². The zero-order valence-electron chi connectivity index (χ0n) is 11.5. The first-order chi connectivity index (χ1) is 9.60. The third kappa shape index (κ3) is 3.89. The van der Waals surface area contributed by atoms with E-state index in [1.54, 1.807) is 0 Å². The van der Waals surface area contributed by atoms with Crippen LogP contribution in [0.25, 0.3) is 0 Å². The van der Waals surface area contributed by atoms with E-state index in [1.165, 1.54) is 0 Å². The fourth-order valence-corrected chi connectivity index (χ4v) is 2.15. The van der Waals surface area contributed by atoms with Crippen LogP contribution in [0.5, 0.6) is 11.5 Å². The van der Waals surface area contributed by atoms with E-state index in [4.69, 9.17) is 27.9 Å². The highest BCUT2D eigenvalue weighted by Gasteiger charge is 2.09. The van der Waals surface area contributed by atoms with Crippen LogP contribution >= 0.6 is 23.2 Å². The first-order valence-electron chi connectivity index (χ1n) is 6.53. The minimum atomic E-state index is 0.588. The SMILES string of the molecule is CCNCc1ccc(Cl)cc1Oc1cc(C)ccc1Cl. The summed E-state index contributed by atoms with van der Waals surface area (Å²) in [6.45, 7) is 5.69. The molecule has 2 aromatic carbocycles. The zero-order chi connectivity index (χ0) is 14.5. The van der Waals surface area contributed by atoms with E-state index in [-0.39, 0.29) is 0 Å². The maximum absolute atomic E-state index is 6.17. The summed E-state index contributed by atoms with van der Waals surface area (Å²) >= 11 is 12.2. The van der Waals surface area contributed by atoms with Gasteiger partial charge in [0.25, 0.3) is 0 Å². The lowest BCUT2D eigenvalue weighted by molar-refractivity contribution is 0.473. The van der Waals surface area contributed by atoms with Crippen molar-refractivity contribution in [3.05, 3.63) is 57.6 Å². The summed E-state index contributed by atoms with van der Waals surface area (Å²) in [6.07, 6.45) is 0. The smallest absolute Gasteiger partial charge is 0.146 e. The Morgan fingerprint density at radius 3 is 2.60 bits per heavy atom. The lowest BCUT2D eigenvalue weighted by Gasteiger charge is -2.13. The number of ether oxygens (including phenoxy) is 1. The van der Waals surface area contributed by atoms with Gasteiger partial charge in [-0.05, 0) is 43.3 Å². The zero-order valence-corrected chi connectivity index (χ0v) is 13.1. The van der Waals surface area contributed by atoms with Crippen LogP contribution in [0.15, 0.2) is 36.4 Å². The van der Waals surface area contributed by atoms with Crippen molar-refractivity contribution >= 4 is 23.2 Å². The molecular formula is C16H17Cl2NO. The van der Waals surface area contributed by atoms with E-state index in [2.05, 4.69) is 12.2 Å². The van der Waals surface area contributed by atoms with Gasteiger partial charge in [0, 0.05) is 17.1 Å². The van der Waals surface area contributed by atoms with Crippen LogP contribution in [-0.4, -0.2) is 6.54 Å². The molecule has 4 heteroatoms. The third-order valence-corrected chi connectivity index (χ3v) is 3.45. The van der Waals surface area contributed by atoms with Crippen molar-refractivity contribution in [1.29, 1.82) is 0 Å². The van der Waals surface area contributed by atoms with Crippen molar-refractivity contribution in [1.82, 2.24) is 5.32 Å². The average molecular weight is 310 g/mol. The summed E-state index contributed by atoms with van der Waals surface area (Å²) < 4.78 is 5.94. The third-order valence-electron chi connectivity index (χ3n) is 2.90. The Morgan fingerprint density at radius 2 is 1.85 bits per heavy atom. The van der Waals surface area contributed by atoms with Gasteiger partial charge in [0.05, 0.1) is 5.02 Å². The summed E-state index contributed by atoms with van der Waals surface area (Å²) in [4.78, 5) is 0. The van der Waals surface area contributed by atoms with E-state index in [9.17, 15) is 0 Å². The van der Waals surface area contributed by atoms with Gasteiger partial charge in [0.1, 0.15) is 11.5 Å². The van der Waals surface area contributed by atoms with Crippen LogP contribution in [0.3, 0.4) is 0 Å². The van der Waals surface area contributed by atoms with Gasteiger partial charge in [-0.2, -0.15) is 0 Å². The first kappa shape index (κ1) is 15.2. The maximum atomic E-state index is 6.17. The second-order valence-electron chi connectivity index (χ2n) is 4.57. The molecule has 0 saturated carbocycles. The maximum Gasteiger partial charge on any atom is 0.146 e. The van der Waals surface area contributed by atoms with Crippen LogP contribution in [0.4, 0.5) is 0 Å². The molecule has 2 rings (SSSR count). The summed E-state index contributed by atoms with van der Waals surface area (Å²) in [5, 5.41) is 4.51. The molecule has 0 aliphatic carbocycles. The molecule has 0 amide bonds. The van der Waals surface area contributed by atoms with Crippen LogP contribution in [-0.2, 0) is 6.54 Å². The van der Waals surface area contributed by atoms with Crippen molar-refractivity contribution in [2.45, 2.75) is 20.4 Å². The molecule has 0 atom stereocenters. The van der Waals surface area contributed by atoms with Crippen LogP contribution in [0, 0.1) is 6.92 Å². The molecule has 0 unspecified atom stereocenters. The Hall–Kier alpha value is -1.22. The van der Waals surface area contributed by atoms with Gasteiger partial charge in [-0.25, -0.2) is 0 Å². The molecule has 0 aliphatic heterocycles. The van der Waals surface area contributed by atoms with Crippen LogP contribution in [0.2, 0.25) is 10.0 Å². The molecule has 0 aromatic heterocycles. The van der Waals surface area contributed by atoms with E-state index in [1.807, 2.05) is 43.3 Å². The molecule has 106 valence electrons. The number of benzene rings is 2. The van der Waals surface area contributed by atoms with Crippen molar-refractivity contribution in [3.63, 3.8) is 0 Å². The molecular weight excluding hydrogens is 293 g/mol. The molecule has 0 spiro atoms. The Balaban J connectivity index is 2.31. The van der Waals surface area contributed by atoms with Crippen molar-refractivity contribution in [2.24, 2.45) is 0 Å². The Bertz CT molecular complexity index is 599. The van der Waals surface area contributed by atoms with Crippen molar-refractivity contribution in [2.75, 3.05) is 6.54 Å². The molecule has 0 radical (unpaired) electrons. The topological polar surface area (TPSA) is 21.3 Å². The Morgan fingerprint density at radius 1 is 1.05 bits per heavy atom. The summed E-state index contributed by atoms with van der Waals surface area (Å²) in [7, 11) is 0. The van der Waals surface area contributed by atoms with Crippen LogP contribution < -0.4 is 10.1 Å². The van der Waals surface area contributed by atoms with Crippen molar-refractivity contribution in [3.8, 4) is 11.5 Å². The highest BCUT2D eigenvalue weighted by molar-refractivity contribution is 6.32. The van der Waals surface area contributed by atoms with E-state index in [0.29, 0.717) is 15.8 Å². The molecule has 0 fully saturated rings. The number of nitrogens with one attached hydrogen (secondary N) is 1. The predicted molar refractivity (Wildman–Crippen MR) is 85.1 cm³/mol. The number of halogens is 2. The minimum absolute atomic E-state index is 0.588. The molecule has 0 heterocycles. The van der Waals surface area contributed by atoms with Crippen molar-refractivity contribution < 1.29 is 4.74 Å². The fourth-order valence-electron chi connectivity index (χ4n) is 1.84. The molecule has 0 aliphatic rings. The van der Waals surface area contributed by atoms with Crippen LogP contribution in [0.1, 0.15) is 18.1 Å². The monoisotopic (exact) mass is 309 g/mol. The largest absolute Gasteiger partial charge is 0.455 e. The van der Waals surface area contributed by atoms with Gasteiger partial charge < -0.3 is 10.1 Å². The van der Waals surface area contributed by atoms with Gasteiger partial charge in [-0.3, -0.25) is 0 Å². The van der Waals surface area contributed by atoms with E-state index < -0.39 is 0 Å². The fraction of sp³-hybridized carbons (Fsp3) is 0.250. The molecule has 1 N–H and O–H groups in total. The lowest BCUT2D eigenvalue weighted by Crippen LogP contribution is -2.12. The highest BCUT2D eigenvalue weighted by atomic mass is 35.5. The molecule has 2 nitrogen and oxygen atoms in total. The predicted octanol–water partition coefficient (Wildman–Crippen LogP) is 5.20. The number of hydrogen-bond donors (Lipinski definition) is 1. The Kier molecular flexibility index (Phi) is 5.30. The van der Waals surface area contributed by atoms with Gasteiger partial charge in [0.2, 0.25) is 0 Å². The van der Waals surface area contributed by atoms with E-state index in [0.717, 1.165) is 30.0 Å². The average Bonchev–Trinajstić information content (AvgIpc) is 2.42. The highest BCUT2D eigenvalue weighted by Crippen LogP contribution is 2.33. The second kappa shape index (κ2) is 6.98. The lowest BCUT2D eigenvalue weighted by atomic mass is 10.2. The van der Waals surface area contributed by atoms with Gasteiger partial charge >= 0.3 is 0 Å². The minimum Gasteiger partial charge on any atom is -0.455 e. The first-order valence-corrected chi connectivity index (χ1v) is 7.29. The molecule has 20 heavy (non-hydrogen) atoms. The quantitative estimate of drug-likeness (QED) is 0.819. The second-order valence-corrected chi connectivity index (χ2v) is 5.41. The number of rotatable bonds is 5.